The molecule has 5 rings (SSSR count). The second-order valence-electron chi connectivity index (χ2n) is 9.99. The Hall–Kier alpha value is -4.60. The van der Waals surface area contributed by atoms with Crippen molar-refractivity contribution in [2.45, 2.75) is 25.6 Å². The third kappa shape index (κ3) is 5.85. The highest BCUT2D eigenvalue weighted by Crippen LogP contribution is 2.28. The van der Waals surface area contributed by atoms with Gasteiger partial charge in [0.15, 0.2) is 0 Å². The average Bonchev–Trinajstić information content (AvgIpc) is 3.39. The van der Waals surface area contributed by atoms with Crippen LogP contribution in [0.25, 0.3) is 16.9 Å². The number of nitrogens with one attached hydrogen (secondary N) is 2. The smallest absolute Gasteiger partial charge is 0.255 e. The minimum Gasteiger partial charge on any atom is -0.387 e. The standard InChI is InChI=1S/C28H29FN8O3/c1-28(2,39)25(29)17-33-27(38)21-16-31-23(24-5-4-20-11-18(13-30)14-34-37(20)24)12-22(21)35-19-3-6-26(32-15-19)36-7-9-40-10-8-36/h3-6,11-12,14-16,25,39H,7-10,17H2,1-2H3,(H,31,35)(H,33,38)/t25-/m1/s1. The molecule has 0 radical (unpaired) electrons. The van der Waals surface area contributed by atoms with Gasteiger partial charge in [-0.15, -0.1) is 0 Å². The first-order chi connectivity index (χ1) is 19.2. The zero-order chi connectivity index (χ0) is 28.3. The van der Waals surface area contributed by atoms with Gasteiger partial charge in [-0.05, 0) is 50.2 Å². The molecule has 1 saturated heterocycles. The lowest BCUT2D eigenvalue weighted by atomic mass is 10.0. The molecule has 1 aliphatic heterocycles. The van der Waals surface area contributed by atoms with Crippen LogP contribution in [0.3, 0.4) is 0 Å². The van der Waals surface area contributed by atoms with Crippen LogP contribution in [0.5, 0.6) is 0 Å². The van der Waals surface area contributed by atoms with E-state index in [9.17, 15) is 19.6 Å². The zero-order valence-electron chi connectivity index (χ0n) is 22.1. The fourth-order valence-corrected chi connectivity index (χ4v) is 4.26. The Morgan fingerprint density at radius 3 is 2.67 bits per heavy atom. The Balaban J connectivity index is 1.46. The molecule has 0 saturated carbocycles. The molecule has 4 aromatic rings. The number of anilines is 3. The molecule has 1 amide bonds. The van der Waals surface area contributed by atoms with E-state index in [4.69, 9.17) is 4.74 Å². The predicted octanol–water partition coefficient (Wildman–Crippen LogP) is 3.08. The van der Waals surface area contributed by atoms with E-state index in [1.165, 1.54) is 26.2 Å². The SMILES string of the molecule is CC(C)(O)[C@H](F)CNC(=O)c1cnc(-c2ccc3cc(C#N)cnn23)cc1Nc1ccc(N2CCOCC2)nc1. The van der Waals surface area contributed by atoms with E-state index in [2.05, 4.69) is 36.7 Å². The number of morpholine rings is 1. The first-order valence-electron chi connectivity index (χ1n) is 12.8. The molecule has 0 aromatic carbocycles. The van der Waals surface area contributed by atoms with E-state index >= 15 is 0 Å². The molecule has 1 fully saturated rings. The second kappa shape index (κ2) is 11.3. The monoisotopic (exact) mass is 544 g/mol. The van der Waals surface area contributed by atoms with E-state index < -0.39 is 17.7 Å². The third-order valence-corrected chi connectivity index (χ3v) is 6.61. The summed E-state index contributed by atoms with van der Waals surface area (Å²) < 4.78 is 21.4. The Kier molecular flexibility index (Phi) is 7.59. The summed E-state index contributed by atoms with van der Waals surface area (Å²) >= 11 is 0. The maximum absolute atomic E-state index is 14.3. The van der Waals surface area contributed by atoms with Crippen molar-refractivity contribution >= 4 is 28.6 Å². The molecule has 1 atom stereocenters. The van der Waals surface area contributed by atoms with Crippen LogP contribution in [0.1, 0.15) is 29.8 Å². The van der Waals surface area contributed by atoms with Crippen LogP contribution in [-0.2, 0) is 4.74 Å². The van der Waals surface area contributed by atoms with Crippen molar-refractivity contribution in [2.75, 3.05) is 43.1 Å². The Bertz CT molecular complexity index is 1550. The van der Waals surface area contributed by atoms with Crippen molar-refractivity contribution in [1.82, 2.24) is 24.9 Å². The molecular weight excluding hydrogens is 515 g/mol. The number of fused-ring (bicyclic) bond motifs is 1. The minimum atomic E-state index is -1.66. The van der Waals surface area contributed by atoms with Gasteiger partial charge in [-0.25, -0.2) is 13.9 Å². The van der Waals surface area contributed by atoms with Gasteiger partial charge in [-0.1, -0.05) is 0 Å². The molecule has 206 valence electrons. The summed E-state index contributed by atoms with van der Waals surface area (Å²) in [6.07, 6.45) is 2.89. The molecule has 0 aliphatic carbocycles. The first kappa shape index (κ1) is 27.0. The average molecular weight is 545 g/mol. The summed E-state index contributed by atoms with van der Waals surface area (Å²) in [4.78, 5) is 24.3. The number of carbonyl (C=O) groups excluding carboxylic acids is 1. The second-order valence-corrected chi connectivity index (χ2v) is 9.99. The summed E-state index contributed by atoms with van der Waals surface area (Å²) in [6, 6.07) is 12.9. The van der Waals surface area contributed by atoms with Crippen LogP contribution in [0.15, 0.2) is 55.0 Å². The van der Waals surface area contributed by atoms with Gasteiger partial charge in [0.1, 0.15) is 18.1 Å². The van der Waals surface area contributed by atoms with Crippen molar-refractivity contribution in [3.8, 4) is 17.5 Å². The fourth-order valence-electron chi connectivity index (χ4n) is 4.26. The molecule has 40 heavy (non-hydrogen) atoms. The van der Waals surface area contributed by atoms with Crippen molar-refractivity contribution in [3.63, 3.8) is 0 Å². The number of aliphatic hydroxyl groups is 1. The van der Waals surface area contributed by atoms with Crippen LogP contribution in [-0.4, -0.2) is 75.2 Å². The van der Waals surface area contributed by atoms with Gasteiger partial charge < -0.3 is 25.4 Å². The molecule has 3 N–H and O–H groups in total. The highest BCUT2D eigenvalue weighted by Gasteiger charge is 2.27. The zero-order valence-corrected chi connectivity index (χ0v) is 22.1. The fraction of sp³-hybridized carbons (Fsp3) is 0.321. The van der Waals surface area contributed by atoms with Crippen LogP contribution < -0.4 is 15.5 Å². The number of hydrogen-bond donors (Lipinski definition) is 3. The third-order valence-electron chi connectivity index (χ3n) is 6.61. The minimum absolute atomic E-state index is 0.185. The number of rotatable bonds is 8. The van der Waals surface area contributed by atoms with Crippen molar-refractivity contribution < 1.29 is 19.0 Å². The van der Waals surface area contributed by atoms with Crippen LogP contribution in [0.2, 0.25) is 0 Å². The number of amides is 1. The summed E-state index contributed by atoms with van der Waals surface area (Å²) in [7, 11) is 0. The quantitative estimate of drug-likeness (QED) is 0.305. The lowest BCUT2D eigenvalue weighted by molar-refractivity contribution is -0.00177. The first-order valence-corrected chi connectivity index (χ1v) is 12.8. The van der Waals surface area contributed by atoms with E-state index in [1.54, 1.807) is 22.8 Å². The van der Waals surface area contributed by atoms with Crippen molar-refractivity contribution in [2.24, 2.45) is 0 Å². The summed E-state index contributed by atoms with van der Waals surface area (Å²) in [5, 5.41) is 29.2. The van der Waals surface area contributed by atoms with Crippen molar-refractivity contribution in [1.29, 1.82) is 5.26 Å². The van der Waals surface area contributed by atoms with E-state index in [-0.39, 0.29) is 12.1 Å². The lowest BCUT2D eigenvalue weighted by Gasteiger charge is -2.27. The van der Waals surface area contributed by atoms with E-state index in [1.807, 2.05) is 24.3 Å². The molecule has 11 nitrogen and oxygen atoms in total. The van der Waals surface area contributed by atoms with Crippen molar-refractivity contribution in [3.05, 3.63) is 66.1 Å². The number of ether oxygens (including phenoxy) is 1. The van der Waals surface area contributed by atoms with E-state index in [0.29, 0.717) is 41.5 Å². The topological polar surface area (TPSA) is 141 Å². The van der Waals surface area contributed by atoms with Gasteiger partial charge in [0.05, 0.1) is 77.2 Å². The van der Waals surface area contributed by atoms with Gasteiger partial charge in [0.25, 0.3) is 5.91 Å². The predicted molar refractivity (Wildman–Crippen MR) is 147 cm³/mol. The van der Waals surface area contributed by atoms with Gasteiger partial charge in [0, 0.05) is 19.3 Å². The lowest BCUT2D eigenvalue weighted by Crippen LogP contribution is -2.42. The highest BCUT2D eigenvalue weighted by atomic mass is 19.1. The Labute approximate surface area is 230 Å². The number of carbonyl (C=O) groups is 1. The normalized spacial score (nSPS) is 14.5. The number of pyridine rings is 2. The molecule has 5 heterocycles. The number of nitrogens with zero attached hydrogens (tertiary/aromatic N) is 6. The molecule has 1 aliphatic rings. The van der Waals surface area contributed by atoms with E-state index in [0.717, 1.165) is 24.4 Å². The van der Waals surface area contributed by atoms with Crippen LogP contribution in [0, 0.1) is 11.3 Å². The summed E-state index contributed by atoms with van der Waals surface area (Å²) in [6.45, 7) is 5.13. The number of alkyl halides is 1. The molecule has 0 spiro atoms. The van der Waals surface area contributed by atoms with Crippen LogP contribution in [0.4, 0.5) is 21.6 Å². The number of halogens is 1. The van der Waals surface area contributed by atoms with Gasteiger partial charge >= 0.3 is 0 Å². The Morgan fingerprint density at radius 2 is 1.98 bits per heavy atom. The maximum atomic E-state index is 14.3. The largest absolute Gasteiger partial charge is 0.387 e. The maximum Gasteiger partial charge on any atom is 0.255 e. The van der Waals surface area contributed by atoms with Gasteiger partial charge in [-0.2, -0.15) is 10.4 Å². The molecule has 12 heteroatoms. The van der Waals surface area contributed by atoms with Gasteiger partial charge in [0.2, 0.25) is 0 Å². The highest BCUT2D eigenvalue weighted by molar-refractivity contribution is 6.00. The number of nitriles is 1. The number of hydrogen-bond acceptors (Lipinski definition) is 9. The summed E-state index contributed by atoms with van der Waals surface area (Å²) in [5.41, 5.74) is 1.98. The van der Waals surface area contributed by atoms with Crippen LogP contribution >= 0.6 is 0 Å². The molecule has 0 unspecified atom stereocenters. The molecule has 4 aromatic heterocycles. The summed E-state index contributed by atoms with van der Waals surface area (Å²) in [5.74, 6) is 0.272. The molecular formula is C28H29FN8O3. The van der Waals surface area contributed by atoms with Gasteiger partial charge in [-0.3, -0.25) is 9.78 Å². The Morgan fingerprint density at radius 1 is 1.18 bits per heavy atom. The number of aromatic nitrogens is 4. The molecule has 0 bridgehead atoms.